The van der Waals surface area contributed by atoms with E-state index in [9.17, 15) is 0 Å². The van der Waals surface area contributed by atoms with Gasteiger partial charge < -0.3 is 23.7 Å². The molecule has 0 radical (unpaired) electrons. The average molecular weight is 377 g/mol. The van der Waals surface area contributed by atoms with Crippen molar-refractivity contribution in [1.29, 1.82) is 0 Å². The maximum atomic E-state index is 5.58. The van der Waals surface area contributed by atoms with Crippen molar-refractivity contribution in [2.75, 3.05) is 66.1 Å². The highest BCUT2D eigenvalue weighted by Crippen LogP contribution is 2.08. The van der Waals surface area contributed by atoms with Crippen molar-refractivity contribution in [3.05, 3.63) is 0 Å². The van der Waals surface area contributed by atoms with Crippen LogP contribution in [-0.4, -0.2) is 66.1 Å². The van der Waals surface area contributed by atoms with Gasteiger partial charge in [-0.05, 0) is 12.8 Å². The van der Waals surface area contributed by atoms with Crippen LogP contribution in [0.15, 0.2) is 0 Å². The SMILES string of the molecule is CCCCCCCCCCOCCOCCOCCOCCOCCC. The Kier molecular flexibility index (Phi) is 24.6. The molecule has 0 fully saturated rings. The second-order valence-corrected chi connectivity index (χ2v) is 6.54. The van der Waals surface area contributed by atoms with Crippen LogP contribution in [0.4, 0.5) is 0 Å². The van der Waals surface area contributed by atoms with E-state index in [1.54, 1.807) is 0 Å². The second-order valence-electron chi connectivity index (χ2n) is 6.54. The molecule has 0 unspecified atom stereocenters. The minimum atomic E-state index is 0.603. The Morgan fingerprint density at radius 3 is 1.08 bits per heavy atom. The molecule has 0 bridgehead atoms. The molecule has 5 nitrogen and oxygen atoms in total. The lowest BCUT2D eigenvalue weighted by Gasteiger charge is -2.08. The predicted octanol–water partition coefficient (Wildman–Crippen LogP) is 4.62. The Bertz CT molecular complexity index is 214. The van der Waals surface area contributed by atoms with E-state index in [0.29, 0.717) is 52.9 Å². The molecule has 158 valence electrons. The minimum Gasteiger partial charge on any atom is -0.379 e. The highest BCUT2D eigenvalue weighted by atomic mass is 16.6. The summed E-state index contributed by atoms with van der Waals surface area (Å²) in [6.45, 7) is 11.1. The van der Waals surface area contributed by atoms with Crippen LogP contribution in [-0.2, 0) is 23.7 Å². The third kappa shape index (κ3) is 23.8. The van der Waals surface area contributed by atoms with E-state index in [2.05, 4.69) is 13.8 Å². The fourth-order valence-electron chi connectivity index (χ4n) is 2.46. The van der Waals surface area contributed by atoms with Crippen LogP contribution in [0.1, 0.15) is 71.6 Å². The van der Waals surface area contributed by atoms with E-state index in [4.69, 9.17) is 23.7 Å². The molecular weight excluding hydrogens is 332 g/mol. The highest BCUT2D eigenvalue weighted by molar-refractivity contribution is 4.46. The van der Waals surface area contributed by atoms with Crippen LogP contribution in [0.3, 0.4) is 0 Å². The van der Waals surface area contributed by atoms with Gasteiger partial charge in [0, 0.05) is 13.2 Å². The fourth-order valence-corrected chi connectivity index (χ4v) is 2.46. The first-order valence-corrected chi connectivity index (χ1v) is 10.8. The third-order valence-electron chi connectivity index (χ3n) is 3.98. The molecule has 0 heterocycles. The van der Waals surface area contributed by atoms with Gasteiger partial charge in [0.05, 0.1) is 52.9 Å². The van der Waals surface area contributed by atoms with Gasteiger partial charge in [0.2, 0.25) is 0 Å². The molecule has 0 aromatic carbocycles. The van der Waals surface area contributed by atoms with E-state index in [-0.39, 0.29) is 0 Å². The molecule has 0 spiro atoms. The van der Waals surface area contributed by atoms with Gasteiger partial charge in [-0.25, -0.2) is 0 Å². The minimum absolute atomic E-state index is 0.603. The Hall–Kier alpha value is -0.200. The number of rotatable bonds is 23. The lowest BCUT2D eigenvalue weighted by atomic mass is 10.1. The first kappa shape index (κ1) is 25.8. The van der Waals surface area contributed by atoms with E-state index in [0.717, 1.165) is 19.6 Å². The molecule has 26 heavy (non-hydrogen) atoms. The molecule has 0 saturated heterocycles. The standard InChI is InChI=1S/C21H44O5/c1-3-5-6-7-8-9-10-11-13-23-15-17-25-19-21-26-20-18-24-16-14-22-12-4-2/h3-21H2,1-2H3. The van der Waals surface area contributed by atoms with Crippen molar-refractivity contribution in [3.8, 4) is 0 Å². The number of ether oxygens (including phenoxy) is 5. The largest absolute Gasteiger partial charge is 0.379 e. The summed E-state index contributed by atoms with van der Waals surface area (Å²) in [5.41, 5.74) is 0. The third-order valence-corrected chi connectivity index (χ3v) is 3.98. The molecule has 0 aromatic rings. The van der Waals surface area contributed by atoms with Crippen LogP contribution >= 0.6 is 0 Å². The quantitative estimate of drug-likeness (QED) is 0.244. The van der Waals surface area contributed by atoms with Gasteiger partial charge in [0.1, 0.15) is 0 Å². The van der Waals surface area contributed by atoms with Crippen LogP contribution in [0.25, 0.3) is 0 Å². The maximum absolute atomic E-state index is 5.58. The average Bonchev–Trinajstić information content (AvgIpc) is 2.66. The maximum Gasteiger partial charge on any atom is 0.0701 e. The molecule has 0 N–H and O–H groups in total. The molecule has 0 aliphatic heterocycles. The smallest absolute Gasteiger partial charge is 0.0701 e. The Balaban J connectivity index is 2.95. The van der Waals surface area contributed by atoms with Crippen molar-refractivity contribution in [1.82, 2.24) is 0 Å². The zero-order chi connectivity index (χ0) is 19.0. The Morgan fingerprint density at radius 1 is 0.308 bits per heavy atom. The lowest BCUT2D eigenvalue weighted by Crippen LogP contribution is -2.13. The van der Waals surface area contributed by atoms with E-state index in [1.165, 1.54) is 51.4 Å². The summed E-state index contributed by atoms with van der Waals surface area (Å²) < 4.78 is 27.2. The van der Waals surface area contributed by atoms with Gasteiger partial charge in [0.25, 0.3) is 0 Å². The molecule has 0 rings (SSSR count). The van der Waals surface area contributed by atoms with E-state index < -0.39 is 0 Å². The molecule has 0 amide bonds. The summed E-state index contributed by atoms with van der Waals surface area (Å²) >= 11 is 0. The van der Waals surface area contributed by atoms with Gasteiger partial charge >= 0.3 is 0 Å². The predicted molar refractivity (Wildman–Crippen MR) is 107 cm³/mol. The molecule has 0 atom stereocenters. The summed E-state index contributed by atoms with van der Waals surface area (Å²) in [6, 6.07) is 0. The molecule has 0 aromatic heterocycles. The van der Waals surface area contributed by atoms with Gasteiger partial charge in [-0.2, -0.15) is 0 Å². The summed E-state index contributed by atoms with van der Waals surface area (Å²) in [7, 11) is 0. The van der Waals surface area contributed by atoms with Crippen LogP contribution in [0.5, 0.6) is 0 Å². The topological polar surface area (TPSA) is 46.2 Å². The van der Waals surface area contributed by atoms with Gasteiger partial charge in [-0.15, -0.1) is 0 Å². The zero-order valence-electron chi connectivity index (χ0n) is 17.5. The Morgan fingerprint density at radius 2 is 0.654 bits per heavy atom. The van der Waals surface area contributed by atoms with Crippen LogP contribution in [0, 0.1) is 0 Å². The lowest BCUT2D eigenvalue weighted by molar-refractivity contribution is -0.0111. The summed E-state index contributed by atoms with van der Waals surface area (Å²) in [5.74, 6) is 0. The van der Waals surface area contributed by atoms with Crippen molar-refractivity contribution in [2.45, 2.75) is 71.6 Å². The normalized spacial score (nSPS) is 11.3. The molecule has 5 heteroatoms. The second kappa shape index (κ2) is 24.8. The first-order valence-electron chi connectivity index (χ1n) is 10.8. The van der Waals surface area contributed by atoms with Gasteiger partial charge in [-0.3, -0.25) is 0 Å². The van der Waals surface area contributed by atoms with Crippen molar-refractivity contribution in [2.24, 2.45) is 0 Å². The van der Waals surface area contributed by atoms with E-state index in [1.807, 2.05) is 0 Å². The molecule has 0 aliphatic rings. The highest BCUT2D eigenvalue weighted by Gasteiger charge is 1.94. The fraction of sp³-hybridized carbons (Fsp3) is 1.00. The Labute approximate surface area is 162 Å². The molecular formula is C21H44O5. The van der Waals surface area contributed by atoms with Crippen LogP contribution < -0.4 is 0 Å². The van der Waals surface area contributed by atoms with Crippen molar-refractivity contribution < 1.29 is 23.7 Å². The summed E-state index contributed by atoms with van der Waals surface area (Å²) in [5, 5.41) is 0. The van der Waals surface area contributed by atoms with Crippen molar-refractivity contribution in [3.63, 3.8) is 0 Å². The summed E-state index contributed by atoms with van der Waals surface area (Å²) in [4.78, 5) is 0. The van der Waals surface area contributed by atoms with Crippen LogP contribution in [0.2, 0.25) is 0 Å². The first-order chi connectivity index (χ1) is 12.9. The summed E-state index contributed by atoms with van der Waals surface area (Å²) in [6.07, 6.45) is 11.7. The molecule has 0 aliphatic carbocycles. The zero-order valence-corrected chi connectivity index (χ0v) is 17.5. The molecule has 0 saturated carbocycles. The van der Waals surface area contributed by atoms with Crippen molar-refractivity contribution >= 4 is 0 Å². The number of hydrogen-bond donors (Lipinski definition) is 0. The monoisotopic (exact) mass is 376 g/mol. The van der Waals surface area contributed by atoms with E-state index >= 15 is 0 Å². The van der Waals surface area contributed by atoms with Gasteiger partial charge in [0.15, 0.2) is 0 Å². The number of unbranched alkanes of at least 4 members (excludes halogenated alkanes) is 7. The van der Waals surface area contributed by atoms with Gasteiger partial charge in [-0.1, -0.05) is 58.8 Å². The number of hydrogen-bond acceptors (Lipinski definition) is 5.